The van der Waals surface area contributed by atoms with Gasteiger partial charge in [0.05, 0.1) is 0 Å². The zero-order chi connectivity index (χ0) is 35.1. The van der Waals surface area contributed by atoms with Crippen LogP contribution in [0.3, 0.4) is 0 Å². The summed E-state index contributed by atoms with van der Waals surface area (Å²) >= 11 is 0. The maximum absolute atomic E-state index is 6.24. The van der Waals surface area contributed by atoms with E-state index in [0.717, 1.165) is 60.9 Å². The van der Waals surface area contributed by atoms with Gasteiger partial charge in [-0.25, -0.2) is 15.0 Å². The van der Waals surface area contributed by atoms with Gasteiger partial charge in [-0.3, -0.25) is 0 Å². The highest BCUT2D eigenvalue weighted by Crippen LogP contribution is 2.39. The molecule has 53 heavy (non-hydrogen) atoms. The molecule has 10 rings (SSSR count). The fraction of sp³-hybridized carbons (Fsp3) is 0. The quantitative estimate of drug-likeness (QED) is 0.176. The molecule has 0 amide bonds. The molecule has 8 aromatic carbocycles. The van der Waals surface area contributed by atoms with Gasteiger partial charge in [-0.2, -0.15) is 0 Å². The molecule has 0 saturated heterocycles. The molecule has 4 heteroatoms. The van der Waals surface area contributed by atoms with Crippen LogP contribution in [0, 0.1) is 0 Å². The topological polar surface area (TPSA) is 51.8 Å². The van der Waals surface area contributed by atoms with Crippen LogP contribution >= 0.6 is 0 Å². The van der Waals surface area contributed by atoms with Crippen molar-refractivity contribution in [3.63, 3.8) is 0 Å². The van der Waals surface area contributed by atoms with Gasteiger partial charge in [-0.1, -0.05) is 170 Å². The third-order valence-corrected chi connectivity index (χ3v) is 9.99. The molecule has 0 unspecified atom stereocenters. The fourth-order valence-corrected chi connectivity index (χ4v) is 7.38. The summed E-state index contributed by atoms with van der Waals surface area (Å²) < 4.78 is 6.24. The van der Waals surface area contributed by atoms with Crippen LogP contribution in [0.5, 0.6) is 0 Å². The lowest BCUT2D eigenvalue weighted by Gasteiger charge is -2.13. The molecule has 0 aliphatic heterocycles. The van der Waals surface area contributed by atoms with Crippen LogP contribution in [-0.4, -0.2) is 15.0 Å². The zero-order valence-corrected chi connectivity index (χ0v) is 28.6. The third kappa shape index (κ3) is 5.54. The second-order valence-electron chi connectivity index (χ2n) is 13.2. The van der Waals surface area contributed by atoms with E-state index in [1.807, 2.05) is 54.6 Å². The van der Waals surface area contributed by atoms with Crippen molar-refractivity contribution < 1.29 is 4.42 Å². The van der Waals surface area contributed by atoms with Gasteiger partial charge >= 0.3 is 0 Å². The Kier molecular flexibility index (Phi) is 7.43. The van der Waals surface area contributed by atoms with Gasteiger partial charge in [-0.05, 0) is 62.4 Å². The standard InChI is InChI=1S/C49H31N3O/c1-3-13-32(14-4-1)37-17-7-10-21-44(37)49-51-47(34-15-5-2-6-16-34)50-48(52-49)35-25-23-33(24-26-35)38-29-30-39(41-19-9-8-18-40(38)41)36-27-28-43-42-20-11-12-22-45(42)53-46(43)31-36/h1-31H. The molecule has 0 N–H and O–H groups in total. The molecule has 0 radical (unpaired) electrons. The van der Waals surface area contributed by atoms with E-state index < -0.39 is 0 Å². The molecule has 4 nitrogen and oxygen atoms in total. The van der Waals surface area contributed by atoms with Crippen molar-refractivity contribution in [2.45, 2.75) is 0 Å². The lowest BCUT2D eigenvalue weighted by Crippen LogP contribution is -2.01. The largest absolute Gasteiger partial charge is 0.456 e. The third-order valence-electron chi connectivity index (χ3n) is 9.99. The van der Waals surface area contributed by atoms with Crippen LogP contribution < -0.4 is 0 Å². The van der Waals surface area contributed by atoms with Crippen molar-refractivity contribution in [1.82, 2.24) is 15.0 Å². The SMILES string of the molecule is c1ccc(-c2nc(-c3ccc(-c4ccc(-c5ccc6c(c5)oc5ccccc56)c5ccccc45)cc3)nc(-c3ccccc3-c3ccccc3)n2)cc1. The Hall–Kier alpha value is -7.17. The number of para-hydroxylation sites is 1. The summed E-state index contributed by atoms with van der Waals surface area (Å²) in [5.41, 5.74) is 11.4. The van der Waals surface area contributed by atoms with Crippen LogP contribution in [0.1, 0.15) is 0 Å². The molecule has 2 heterocycles. The Balaban J connectivity index is 1.05. The average molecular weight is 678 g/mol. The summed E-state index contributed by atoms with van der Waals surface area (Å²) in [5.74, 6) is 1.91. The first-order chi connectivity index (χ1) is 26.3. The molecule has 0 spiro atoms. The Morgan fingerprint density at radius 3 is 1.42 bits per heavy atom. The van der Waals surface area contributed by atoms with Crippen molar-refractivity contribution in [1.29, 1.82) is 0 Å². The number of benzene rings is 8. The predicted octanol–water partition coefficient (Wildman–Crippen LogP) is 12.9. The molecule has 248 valence electrons. The van der Waals surface area contributed by atoms with Crippen molar-refractivity contribution in [2.24, 2.45) is 0 Å². The second-order valence-corrected chi connectivity index (χ2v) is 13.2. The number of hydrogen-bond acceptors (Lipinski definition) is 4. The number of nitrogens with zero attached hydrogens (tertiary/aromatic N) is 3. The molecule has 0 aliphatic carbocycles. The first kappa shape index (κ1) is 30.6. The molecule has 0 fully saturated rings. The summed E-state index contributed by atoms with van der Waals surface area (Å²) in [5, 5.41) is 4.65. The lowest BCUT2D eigenvalue weighted by molar-refractivity contribution is 0.669. The minimum Gasteiger partial charge on any atom is -0.456 e. The summed E-state index contributed by atoms with van der Waals surface area (Å²) in [7, 11) is 0. The van der Waals surface area contributed by atoms with Crippen molar-refractivity contribution in [3.8, 4) is 67.5 Å². The molecule has 10 aromatic rings. The Labute approximate surface area is 306 Å². The average Bonchev–Trinajstić information content (AvgIpc) is 3.62. The highest BCUT2D eigenvalue weighted by atomic mass is 16.3. The minimum absolute atomic E-state index is 0.629. The lowest BCUT2D eigenvalue weighted by atomic mass is 9.91. The monoisotopic (exact) mass is 677 g/mol. The minimum atomic E-state index is 0.629. The van der Waals surface area contributed by atoms with E-state index in [2.05, 4.69) is 133 Å². The number of furan rings is 1. The maximum atomic E-state index is 6.24. The Morgan fingerprint density at radius 1 is 0.264 bits per heavy atom. The Morgan fingerprint density at radius 2 is 0.717 bits per heavy atom. The van der Waals surface area contributed by atoms with Gasteiger partial charge in [0.2, 0.25) is 0 Å². The van der Waals surface area contributed by atoms with Crippen LogP contribution in [0.2, 0.25) is 0 Å². The van der Waals surface area contributed by atoms with E-state index in [4.69, 9.17) is 19.4 Å². The number of rotatable bonds is 6. The van der Waals surface area contributed by atoms with Crippen molar-refractivity contribution in [3.05, 3.63) is 188 Å². The zero-order valence-electron chi connectivity index (χ0n) is 28.6. The molecule has 0 bridgehead atoms. The normalized spacial score (nSPS) is 11.4. The summed E-state index contributed by atoms with van der Waals surface area (Å²) in [6, 6.07) is 65.2. The predicted molar refractivity (Wildman–Crippen MR) is 217 cm³/mol. The van der Waals surface area contributed by atoms with Crippen LogP contribution in [0.25, 0.3) is 100 Å². The summed E-state index contributed by atoms with van der Waals surface area (Å²) in [4.78, 5) is 15.1. The van der Waals surface area contributed by atoms with E-state index in [9.17, 15) is 0 Å². The van der Waals surface area contributed by atoms with Gasteiger partial charge in [0.25, 0.3) is 0 Å². The number of hydrogen-bond donors (Lipinski definition) is 0. The van der Waals surface area contributed by atoms with Crippen molar-refractivity contribution in [2.75, 3.05) is 0 Å². The van der Waals surface area contributed by atoms with Gasteiger partial charge in [0.1, 0.15) is 11.2 Å². The highest BCUT2D eigenvalue weighted by Gasteiger charge is 2.17. The molecule has 0 aliphatic rings. The maximum Gasteiger partial charge on any atom is 0.164 e. The first-order valence-electron chi connectivity index (χ1n) is 17.8. The molecular weight excluding hydrogens is 647 g/mol. The van der Waals surface area contributed by atoms with E-state index in [-0.39, 0.29) is 0 Å². The molecular formula is C49H31N3O. The van der Waals surface area contributed by atoms with Crippen molar-refractivity contribution >= 4 is 32.7 Å². The summed E-state index contributed by atoms with van der Waals surface area (Å²) in [6.07, 6.45) is 0. The number of fused-ring (bicyclic) bond motifs is 4. The highest BCUT2D eigenvalue weighted by molar-refractivity contribution is 6.09. The Bertz CT molecular complexity index is 2930. The fourth-order valence-electron chi connectivity index (χ4n) is 7.38. The van der Waals surface area contributed by atoms with E-state index >= 15 is 0 Å². The van der Waals surface area contributed by atoms with Crippen LogP contribution in [0.15, 0.2) is 192 Å². The van der Waals surface area contributed by atoms with E-state index in [1.54, 1.807) is 0 Å². The second kappa shape index (κ2) is 12.9. The first-order valence-corrected chi connectivity index (χ1v) is 17.8. The van der Waals surface area contributed by atoms with Crippen LogP contribution in [-0.2, 0) is 0 Å². The van der Waals surface area contributed by atoms with Gasteiger partial charge in [0.15, 0.2) is 17.5 Å². The van der Waals surface area contributed by atoms with Crippen LogP contribution in [0.4, 0.5) is 0 Å². The summed E-state index contributed by atoms with van der Waals surface area (Å²) in [6.45, 7) is 0. The van der Waals surface area contributed by atoms with E-state index in [0.29, 0.717) is 17.5 Å². The smallest absolute Gasteiger partial charge is 0.164 e. The van der Waals surface area contributed by atoms with E-state index in [1.165, 1.54) is 21.9 Å². The molecule has 2 aromatic heterocycles. The molecule has 0 atom stereocenters. The van der Waals surface area contributed by atoms with Gasteiger partial charge in [-0.15, -0.1) is 0 Å². The van der Waals surface area contributed by atoms with Gasteiger partial charge in [0, 0.05) is 27.5 Å². The number of aromatic nitrogens is 3. The van der Waals surface area contributed by atoms with Gasteiger partial charge < -0.3 is 4.42 Å². The molecule has 0 saturated carbocycles.